The summed E-state index contributed by atoms with van der Waals surface area (Å²) >= 11 is 0. The quantitative estimate of drug-likeness (QED) is 0.640. The molecule has 23 heavy (non-hydrogen) atoms. The molecule has 0 radical (unpaired) electrons. The molecule has 2 nitrogen and oxygen atoms in total. The zero-order chi connectivity index (χ0) is 15.6. The number of benzene rings is 2. The molecule has 116 valence electrons. The van der Waals surface area contributed by atoms with E-state index in [-0.39, 0.29) is 0 Å². The van der Waals surface area contributed by atoms with E-state index in [1.807, 2.05) is 0 Å². The SMILES string of the molecule is CC1CCCCN1c1cc(-c2ccccc2)nc2ccccc12. The van der Waals surface area contributed by atoms with Crippen LogP contribution in [0, 0.1) is 0 Å². The molecule has 0 N–H and O–H groups in total. The number of anilines is 1. The molecule has 0 spiro atoms. The van der Waals surface area contributed by atoms with Gasteiger partial charge in [-0.05, 0) is 38.3 Å². The van der Waals surface area contributed by atoms with Crippen LogP contribution in [0.2, 0.25) is 0 Å². The number of piperidine rings is 1. The molecule has 4 rings (SSSR count). The van der Waals surface area contributed by atoms with Gasteiger partial charge in [0, 0.05) is 29.2 Å². The lowest BCUT2D eigenvalue weighted by Crippen LogP contribution is -2.37. The van der Waals surface area contributed by atoms with Crippen LogP contribution in [-0.2, 0) is 0 Å². The van der Waals surface area contributed by atoms with Gasteiger partial charge >= 0.3 is 0 Å². The van der Waals surface area contributed by atoms with E-state index in [9.17, 15) is 0 Å². The zero-order valence-electron chi connectivity index (χ0n) is 13.6. The molecule has 1 atom stereocenters. The molecular formula is C21H22N2. The number of para-hydroxylation sites is 1. The number of rotatable bonds is 2. The standard InChI is InChI=1S/C21H22N2/c1-16-9-7-8-14-23(16)21-15-20(17-10-3-2-4-11-17)22-19-13-6-5-12-18(19)21/h2-6,10-13,15-16H,7-9,14H2,1H3. The summed E-state index contributed by atoms with van der Waals surface area (Å²) in [4.78, 5) is 7.47. The maximum Gasteiger partial charge on any atom is 0.0730 e. The summed E-state index contributed by atoms with van der Waals surface area (Å²) in [5.41, 5.74) is 4.67. The van der Waals surface area contributed by atoms with Crippen LogP contribution in [0.1, 0.15) is 26.2 Å². The van der Waals surface area contributed by atoms with Crippen LogP contribution in [0.5, 0.6) is 0 Å². The van der Waals surface area contributed by atoms with E-state index in [0.29, 0.717) is 6.04 Å². The molecule has 1 saturated heterocycles. The van der Waals surface area contributed by atoms with Crippen LogP contribution < -0.4 is 4.90 Å². The third-order valence-corrected chi connectivity index (χ3v) is 4.88. The van der Waals surface area contributed by atoms with Gasteiger partial charge in [-0.15, -0.1) is 0 Å². The fourth-order valence-corrected chi connectivity index (χ4v) is 3.61. The van der Waals surface area contributed by atoms with Crippen molar-refractivity contribution in [3.63, 3.8) is 0 Å². The van der Waals surface area contributed by atoms with Crippen LogP contribution in [0.4, 0.5) is 5.69 Å². The van der Waals surface area contributed by atoms with Crippen LogP contribution in [0.25, 0.3) is 22.2 Å². The number of aromatic nitrogens is 1. The molecule has 3 aromatic rings. The average Bonchev–Trinajstić information content (AvgIpc) is 2.62. The first-order valence-corrected chi connectivity index (χ1v) is 8.55. The van der Waals surface area contributed by atoms with Crippen molar-refractivity contribution in [2.24, 2.45) is 0 Å². The Morgan fingerprint density at radius 2 is 1.74 bits per heavy atom. The maximum atomic E-state index is 4.90. The molecule has 0 amide bonds. The first-order chi connectivity index (χ1) is 11.3. The zero-order valence-corrected chi connectivity index (χ0v) is 13.6. The summed E-state index contributed by atoms with van der Waals surface area (Å²) in [6, 6.07) is 21.9. The highest BCUT2D eigenvalue weighted by Crippen LogP contribution is 2.34. The third kappa shape index (κ3) is 2.70. The number of pyridine rings is 1. The van der Waals surface area contributed by atoms with Crippen molar-refractivity contribution < 1.29 is 0 Å². The molecule has 0 bridgehead atoms. The van der Waals surface area contributed by atoms with Gasteiger partial charge < -0.3 is 4.90 Å². The van der Waals surface area contributed by atoms with Crippen molar-refractivity contribution in [2.45, 2.75) is 32.2 Å². The van der Waals surface area contributed by atoms with Crippen molar-refractivity contribution in [2.75, 3.05) is 11.4 Å². The lowest BCUT2D eigenvalue weighted by Gasteiger charge is -2.36. The summed E-state index contributed by atoms with van der Waals surface area (Å²) < 4.78 is 0. The molecule has 2 aromatic carbocycles. The summed E-state index contributed by atoms with van der Waals surface area (Å²) in [5.74, 6) is 0. The van der Waals surface area contributed by atoms with Gasteiger partial charge in [-0.2, -0.15) is 0 Å². The molecular weight excluding hydrogens is 280 g/mol. The summed E-state index contributed by atoms with van der Waals surface area (Å²) in [6.45, 7) is 3.49. The van der Waals surface area contributed by atoms with Gasteiger partial charge in [0.1, 0.15) is 0 Å². The second-order valence-corrected chi connectivity index (χ2v) is 6.45. The fourth-order valence-electron chi connectivity index (χ4n) is 3.61. The van der Waals surface area contributed by atoms with Crippen LogP contribution in [-0.4, -0.2) is 17.6 Å². The second kappa shape index (κ2) is 6.04. The van der Waals surface area contributed by atoms with Gasteiger partial charge in [0.25, 0.3) is 0 Å². The Kier molecular flexibility index (Phi) is 3.74. The average molecular weight is 302 g/mol. The first-order valence-electron chi connectivity index (χ1n) is 8.55. The highest BCUT2D eigenvalue weighted by Gasteiger charge is 2.21. The summed E-state index contributed by atoms with van der Waals surface area (Å²) in [6.07, 6.45) is 3.89. The number of hydrogen-bond donors (Lipinski definition) is 0. The topological polar surface area (TPSA) is 16.1 Å². The van der Waals surface area contributed by atoms with Crippen LogP contribution >= 0.6 is 0 Å². The Morgan fingerprint density at radius 1 is 0.957 bits per heavy atom. The lowest BCUT2D eigenvalue weighted by molar-refractivity contribution is 0.486. The summed E-state index contributed by atoms with van der Waals surface area (Å²) in [7, 11) is 0. The van der Waals surface area contributed by atoms with E-state index >= 15 is 0 Å². The molecule has 0 aliphatic carbocycles. The predicted molar refractivity (Wildman–Crippen MR) is 97.8 cm³/mol. The van der Waals surface area contributed by atoms with E-state index in [4.69, 9.17) is 4.98 Å². The van der Waals surface area contributed by atoms with Gasteiger partial charge in [0.2, 0.25) is 0 Å². The first kappa shape index (κ1) is 14.3. The second-order valence-electron chi connectivity index (χ2n) is 6.45. The van der Waals surface area contributed by atoms with E-state index < -0.39 is 0 Å². The van der Waals surface area contributed by atoms with E-state index in [0.717, 1.165) is 17.8 Å². The Balaban J connectivity index is 1.91. The number of hydrogen-bond acceptors (Lipinski definition) is 2. The Labute approximate surface area is 137 Å². The van der Waals surface area contributed by atoms with Gasteiger partial charge in [-0.3, -0.25) is 0 Å². The Morgan fingerprint density at radius 3 is 2.57 bits per heavy atom. The number of fused-ring (bicyclic) bond motifs is 1. The van der Waals surface area contributed by atoms with E-state index in [1.165, 1.54) is 35.9 Å². The molecule has 1 unspecified atom stereocenters. The predicted octanol–water partition coefficient (Wildman–Crippen LogP) is 5.28. The lowest BCUT2D eigenvalue weighted by atomic mass is 10.0. The van der Waals surface area contributed by atoms with Gasteiger partial charge in [0.15, 0.2) is 0 Å². The fraction of sp³-hybridized carbons (Fsp3) is 0.286. The molecule has 1 aliphatic rings. The molecule has 1 fully saturated rings. The highest BCUT2D eigenvalue weighted by molar-refractivity contribution is 5.94. The van der Waals surface area contributed by atoms with Gasteiger partial charge in [-0.1, -0.05) is 48.5 Å². The molecule has 2 heterocycles. The minimum Gasteiger partial charge on any atom is -0.368 e. The van der Waals surface area contributed by atoms with E-state index in [1.54, 1.807) is 0 Å². The van der Waals surface area contributed by atoms with Crippen LogP contribution in [0.15, 0.2) is 60.7 Å². The number of nitrogens with zero attached hydrogens (tertiary/aromatic N) is 2. The summed E-state index contributed by atoms with van der Waals surface area (Å²) in [5, 5.41) is 1.26. The smallest absolute Gasteiger partial charge is 0.0730 e. The van der Waals surface area contributed by atoms with Crippen molar-refractivity contribution >= 4 is 16.6 Å². The van der Waals surface area contributed by atoms with Crippen LogP contribution in [0.3, 0.4) is 0 Å². The Hall–Kier alpha value is -2.35. The maximum absolute atomic E-state index is 4.90. The van der Waals surface area contributed by atoms with Gasteiger partial charge in [0.05, 0.1) is 11.2 Å². The highest BCUT2D eigenvalue weighted by atomic mass is 15.2. The largest absolute Gasteiger partial charge is 0.368 e. The monoisotopic (exact) mass is 302 g/mol. The van der Waals surface area contributed by atoms with Crippen molar-refractivity contribution in [3.05, 3.63) is 60.7 Å². The minimum absolute atomic E-state index is 0.596. The normalized spacial score (nSPS) is 18.3. The van der Waals surface area contributed by atoms with Crippen molar-refractivity contribution in [1.29, 1.82) is 0 Å². The molecule has 0 saturated carbocycles. The Bertz CT molecular complexity index is 810. The third-order valence-electron chi connectivity index (χ3n) is 4.88. The molecule has 1 aromatic heterocycles. The molecule has 1 aliphatic heterocycles. The molecule has 2 heteroatoms. The minimum atomic E-state index is 0.596. The van der Waals surface area contributed by atoms with E-state index in [2.05, 4.69) is 72.5 Å². The van der Waals surface area contributed by atoms with Crippen molar-refractivity contribution in [3.8, 4) is 11.3 Å². The van der Waals surface area contributed by atoms with Gasteiger partial charge in [-0.25, -0.2) is 4.98 Å². The van der Waals surface area contributed by atoms with Crippen molar-refractivity contribution in [1.82, 2.24) is 4.98 Å².